The molecule has 0 aliphatic carbocycles. The van der Waals surface area contributed by atoms with Crippen molar-refractivity contribution in [2.24, 2.45) is 0 Å². The number of carbonyl (C=O) groups is 1. The van der Waals surface area contributed by atoms with E-state index in [2.05, 4.69) is 0 Å². The number of hydrogen-bond donors (Lipinski definition) is 1. The molecule has 1 N–H and O–H groups in total. The number of phenols is 1. The fraction of sp³-hybridized carbons (Fsp3) is 0.188. The van der Waals surface area contributed by atoms with E-state index in [4.69, 9.17) is 9.47 Å². The van der Waals surface area contributed by atoms with Crippen LogP contribution in [0.15, 0.2) is 36.4 Å². The Hall–Kier alpha value is -2.49. The van der Waals surface area contributed by atoms with Crippen LogP contribution >= 0.6 is 0 Å². The molecule has 2 rings (SSSR count). The van der Waals surface area contributed by atoms with Crippen LogP contribution in [0.5, 0.6) is 17.2 Å². The average molecular weight is 272 g/mol. The number of ketones is 1. The second kappa shape index (κ2) is 5.65. The number of aryl methyl sites for hydroxylation is 1. The number of rotatable bonds is 4. The van der Waals surface area contributed by atoms with Crippen molar-refractivity contribution in [3.05, 3.63) is 53.1 Å². The predicted octanol–water partition coefficient (Wildman–Crippen LogP) is 2.95. The summed E-state index contributed by atoms with van der Waals surface area (Å²) >= 11 is 0. The zero-order valence-electron chi connectivity index (χ0n) is 11.6. The maximum atomic E-state index is 12.6. The first-order chi connectivity index (χ1) is 9.58. The summed E-state index contributed by atoms with van der Waals surface area (Å²) in [6.45, 7) is 1.74. The summed E-state index contributed by atoms with van der Waals surface area (Å²) in [5.74, 6) is 0.871. The van der Waals surface area contributed by atoms with E-state index in [0.29, 0.717) is 28.2 Å². The molecule has 0 amide bonds. The number of aromatic hydroxyl groups is 1. The molecule has 0 saturated carbocycles. The van der Waals surface area contributed by atoms with Crippen LogP contribution < -0.4 is 9.47 Å². The molecule has 0 aliphatic rings. The molecule has 4 nitrogen and oxygen atoms in total. The highest BCUT2D eigenvalue weighted by atomic mass is 16.5. The van der Waals surface area contributed by atoms with Crippen molar-refractivity contribution in [2.45, 2.75) is 6.92 Å². The molecule has 4 heteroatoms. The Balaban J connectivity index is 2.55. The minimum atomic E-state index is -0.206. The van der Waals surface area contributed by atoms with Crippen molar-refractivity contribution in [3.8, 4) is 17.2 Å². The van der Waals surface area contributed by atoms with Gasteiger partial charge in [0.2, 0.25) is 5.78 Å². The smallest absolute Gasteiger partial charge is 0.200 e. The number of benzene rings is 2. The third kappa shape index (κ3) is 2.45. The van der Waals surface area contributed by atoms with Gasteiger partial charge in [-0.3, -0.25) is 4.79 Å². The van der Waals surface area contributed by atoms with Gasteiger partial charge in [-0.05, 0) is 42.8 Å². The summed E-state index contributed by atoms with van der Waals surface area (Å²) in [7, 11) is 3.02. The molecule has 0 aliphatic heterocycles. The van der Waals surface area contributed by atoms with Crippen LogP contribution in [0.3, 0.4) is 0 Å². The maximum Gasteiger partial charge on any atom is 0.200 e. The van der Waals surface area contributed by atoms with Crippen molar-refractivity contribution in [2.75, 3.05) is 14.2 Å². The molecule has 0 bridgehead atoms. The molecule has 2 aromatic carbocycles. The highest BCUT2D eigenvalue weighted by molar-refractivity contribution is 6.12. The molecule has 0 aromatic heterocycles. The van der Waals surface area contributed by atoms with E-state index in [0.717, 1.165) is 0 Å². The fourth-order valence-corrected chi connectivity index (χ4v) is 2.02. The van der Waals surface area contributed by atoms with Crippen molar-refractivity contribution < 1.29 is 19.4 Å². The topological polar surface area (TPSA) is 55.8 Å². The monoisotopic (exact) mass is 272 g/mol. The Bertz CT molecular complexity index is 625. The minimum absolute atomic E-state index is 0.161. The highest BCUT2D eigenvalue weighted by Crippen LogP contribution is 2.31. The second-order valence-corrected chi connectivity index (χ2v) is 4.37. The lowest BCUT2D eigenvalue weighted by Crippen LogP contribution is -2.06. The van der Waals surface area contributed by atoms with E-state index in [1.54, 1.807) is 37.3 Å². The van der Waals surface area contributed by atoms with Crippen LogP contribution in [-0.4, -0.2) is 25.1 Å². The van der Waals surface area contributed by atoms with Gasteiger partial charge in [0, 0.05) is 5.56 Å². The minimum Gasteiger partial charge on any atom is -0.508 e. The maximum absolute atomic E-state index is 12.6. The second-order valence-electron chi connectivity index (χ2n) is 4.37. The van der Waals surface area contributed by atoms with Crippen LogP contribution in [0.4, 0.5) is 0 Å². The summed E-state index contributed by atoms with van der Waals surface area (Å²) in [5, 5.41) is 9.54. The van der Waals surface area contributed by atoms with E-state index in [1.165, 1.54) is 20.3 Å². The summed E-state index contributed by atoms with van der Waals surface area (Å²) in [4.78, 5) is 12.6. The Kier molecular flexibility index (Phi) is 3.94. The lowest BCUT2D eigenvalue weighted by Gasteiger charge is -2.12. The van der Waals surface area contributed by atoms with Crippen LogP contribution in [0.2, 0.25) is 0 Å². The molecule has 0 atom stereocenters. The van der Waals surface area contributed by atoms with Crippen molar-refractivity contribution in [1.82, 2.24) is 0 Å². The number of phenolic OH excluding ortho intramolecular Hbond substituents is 1. The van der Waals surface area contributed by atoms with E-state index in [9.17, 15) is 9.90 Å². The van der Waals surface area contributed by atoms with Gasteiger partial charge >= 0.3 is 0 Å². The first-order valence-electron chi connectivity index (χ1n) is 6.13. The highest BCUT2D eigenvalue weighted by Gasteiger charge is 2.20. The van der Waals surface area contributed by atoms with Gasteiger partial charge in [0.1, 0.15) is 22.8 Å². The third-order valence-corrected chi connectivity index (χ3v) is 3.11. The lowest BCUT2D eigenvalue weighted by molar-refractivity contribution is 0.103. The summed E-state index contributed by atoms with van der Waals surface area (Å²) < 4.78 is 10.5. The largest absolute Gasteiger partial charge is 0.508 e. The number of hydrogen-bond acceptors (Lipinski definition) is 4. The Morgan fingerprint density at radius 3 is 2.15 bits per heavy atom. The van der Waals surface area contributed by atoms with Gasteiger partial charge < -0.3 is 14.6 Å². The van der Waals surface area contributed by atoms with Crippen molar-refractivity contribution >= 4 is 5.78 Å². The fourth-order valence-electron chi connectivity index (χ4n) is 2.02. The SMILES string of the molecule is COc1cccc(OC)c1C(=O)c1ccc(O)c(C)c1. The molecule has 0 saturated heterocycles. The van der Waals surface area contributed by atoms with Crippen LogP contribution in [0.1, 0.15) is 21.5 Å². The predicted molar refractivity (Wildman–Crippen MR) is 75.8 cm³/mol. The van der Waals surface area contributed by atoms with Crippen molar-refractivity contribution in [1.29, 1.82) is 0 Å². The van der Waals surface area contributed by atoms with Gasteiger partial charge in [-0.1, -0.05) is 6.07 Å². The van der Waals surface area contributed by atoms with Gasteiger partial charge in [0.25, 0.3) is 0 Å². The third-order valence-electron chi connectivity index (χ3n) is 3.11. The van der Waals surface area contributed by atoms with Gasteiger partial charge in [-0.15, -0.1) is 0 Å². The molecule has 0 unspecified atom stereocenters. The molecule has 0 radical (unpaired) electrons. The first kappa shape index (κ1) is 13.9. The number of carbonyl (C=O) groups excluding carboxylic acids is 1. The van der Waals surface area contributed by atoms with E-state index in [-0.39, 0.29) is 11.5 Å². The van der Waals surface area contributed by atoms with Gasteiger partial charge in [0.15, 0.2) is 0 Å². The molecule has 0 heterocycles. The number of methoxy groups -OCH3 is 2. The molecule has 2 aromatic rings. The standard InChI is InChI=1S/C16H16O4/c1-10-9-11(7-8-12(10)17)16(18)15-13(19-2)5-4-6-14(15)20-3/h4-9,17H,1-3H3. The molecular weight excluding hydrogens is 256 g/mol. The average Bonchev–Trinajstić information content (AvgIpc) is 2.48. The van der Waals surface area contributed by atoms with Crippen LogP contribution in [-0.2, 0) is 0 Å². The van der Waals surface area contributed by atoms with Gasteiger partial charge in [0.05, 0.1) is 14.2 Å². The van der Waals surface area contributed by atoms with Crippen LogP contribution in [0.25, 0.3) is 0 Å². The van der Waals surface area contributed by atoms with E-state index in [1.807, 2.05) is 0 Å². The zero-order valence-corrected chi connectivity index (χ0v) is 11.6. The molecule has 0 fully saturated rings. The summed E-state index contributed by atoms with van der Waals surface area (Å²) in [6.07, 6.45) is 0. The summed E-state index contributed by atoms with van der Waals surface area (Å²) in [6, 6.07) is 9.91. The summed E-state index contributed by atoms with van der Waals surface area (Å²) in [5.41, 5.74) is 1.50. The van der Waals surface area contributed by atoms with Crippen LogP contribution in [0, 0.1) is 6.92 Å². The van der Waals surface area contributed by atoms with E-state index >= 15 is 0 Å². The normalized spacial score (nSPS) is 10.2. The molecular formula is C16H16O4. The van der Waals surface area contributed by atoms with Gasteiger partial charge in [-0.2, -0.15) is 0 Å². The zero-order chi connectivity index (χ0) is 14.7. The molecule has 20 heavy (non-hydrogen) atoms. The Morgan fingerprint density at radius 1 is 1.05 bits per heavy atom. The molecule has 104 valence electrons. The van der Waals surface area contributed by atoms with Gasteiger partial charge in [-0.25, -0.2) is 0 Å². The Labute approximate surface area is 117 Å². The molecule has 0 spiro atoms. The van der Waals surface area contributed by atoms with Crippen molar-refractivity contribution in [3.63, 3.8) is 0 Å². The Morgan fingerprint density at radius 2 is 1.65 bits per heavy atom. The lowest BCUT2D eigenvalue weighted by atomic mass is 9.99. The number of ether oxygens (including phenoxy) is 2. The quantitative estimate of drug-likeness (QED) is 0.869. The first-order valence-corrected chi connectivity index (χ1v) is 6.13. The van der Waals surface area contributed by atoms with E-state index < -0.39 is 0 Å².